The first kappa shape index (κ1) is 44.3. The lowest BCUT2D eigenvalue weighted by atomic mass is 9.80. The Morgan fingerprint density at radius 3 is 2.15 bits per heavy atom. The highest BCUT2D eigenvalue weighted by Gasteiger charge is 2.53. The molecule has 3 heterocycles. The molecule has 1 unspecified atom stereocenters. The van der Waals surface area contributed by atoms with Crippen LogP contribution in [0.2, 0.25) is 0 Å². The molecule has 59 heavy (non-hydrogen) atoms. The van der Waals surface area contributed by atoms with Gasteiger partial charge >= 0.3 is 6.03 Å². The third-order valence-corrected chi connectivity index (χ3v) is 12.5. The third-order valence-electron chi connectivity index (χ3n) is 10.2. The van der Waals surface area contributed by atoms with Gasteiger partial charge in [-0.15, -0.1) is 0 Å². The molecule has 5 atom stereocenters. The first-order chi connectivity index (χ1) is 28.6. The highest BCUT2D eigenvalue weighted by Crippen LogP contribution is 2.51. The van der Waals surface area contributed by atoms with Gasteiger partial charge in [-0.2, -0.15) is 17.9 Å². The molecule has 1 fully saturated rings. The second-order valence-corrected chi connectivity index (χ2v) is 16.4. The minimum atomic E-state index is -1.79. The summed E-state index contributed by atoms with van der Waals surface area (Å²) in [6, 6.07) is 27.3. The fraction of sp³-hybridized carbons (Fsp3) is 0.465. The molecule has 1 N–H and O–H groups in total. The number of carbonyl (C=O) groups is 1. The number of carbonyl (C=O) groups excluding carboxylic acids is 1. The maximum Gasteiger partial charge on any atom is 0.329 e. The summed E-state index contributed by atoms with van der Waals surface area (Å²) in [4.78, 5) is 20.6. The molecular formula is C43H54N5O9PS. The smallest absolute Gasteiger partial charge is 0.329 e. The molecule has 0 saturated carbocycles. The first-order valence-corrected chi connectivity index (χ1v) is 21.5. The van der Waals surface area contributed by atoms with Gasteiger partial charge in [-0.1, -0.05) is 59.8 Å². The van der Waals surface area contributed by atoms with Crippen molar-refractivity contribution in [3.05, 3.63) is 107 Å². The molecule has 0 bridgehead atoms. The molecular weight excluding hydrogens is 794 g/mol. The van der Waals surface area contributed by atoms with Gasteiger partial charge in [0.1, 0.15) is 42.0 Å². The number of fused-ring (bicyclic) bond motifs is 1. The topological polar surface area (TPSA) is 146 Å². The molecule has 6 rings (SSSR count). The van der Waals surface area contributed by atoms with E-state index < -0.39 is 44.7 Å². The van der Waals surface area contributed by atoms with Crippen LogP contribution in [0.5, 0.6) is 11.5 Å². The maximum absolute atomic E-state index is 13.9. The second-order valence-electron chi connectivity index (χ2n) is 14.6. The van der Waals surface area contributed by atoms with Crippen LogP contribution in [0.1, 0.15) is 57.2 Å². The molecule has 14 nitrogen and oxygen atoms in total. The van der Waals surface area contributed by atoms with E-state index in [0.717, 1.165) is 22.3 Å². The maximum atomic E-state index is 13.9. The molecule has 0 aromatic heterocycles. The van der Waals surface area contributed by atoms with Gasteiger partial charge in [0.25, 0.3) is 8.53 Å². The number of oxime groups is 1. The van der Waals surface area contributed by atoms with Crippen molar-refractivity contribution in [1.29, 1.82) is 5.26 Å². The zero-order valence-electron chi connectivity index (χ0n) is 34.4. The number of urea groups is 1. The molecule has 16 heteroatoms. The highest BCUT2D eigenvalue weighted by atomic mass is 32.1. The van der Waals surface area contributed by atoms with Crippen molar-refractivity contribution in [2.45, 2.75) is 82.8 Å². The Morgan fingerprint density at radius 2 is 1.58 bits per heavy atom. The van der Waals surface area contributed by atoms with Crippen LogP contribution >= 0.6 is 21.2 Å². The minimum absolute atomic E-state index is 0.0209. The standard InChI is InChI=1S/C43H54N5O9PS/c1-29(2)48(30(3)4)58(55-23-10-22-44)57-38-37(56-41(39(38)52-25-26-59)47-27-31-21-24-54-46-40(31)45-42(47)49)28-53-43(32-11-8-7-9-12-32,33-13-17-35(50-5)18-14-33)34-15-19-36(51-6)20-16-34/h7-9,11-20,27,29-30,37-39,41,59H,10,21,23-26,28H2,1-6H3,(H,45,46,49)/t37-,38-,39-,41-,58?/m1/s1. The highest BCUT2D eigenvalue weighted by molar-refractivity contribution is 7.80. The van der Waals surface area contributed by atoms with Gasteiger partial charge < -0.3 is 37.6 Å². The van der Waals surface area contributed by atoms with E-state index in [1.165, 1.54) is 4.90 Å². The fourth-order valence-electron chi connectivity index (χ4n) is 7.49. The number of nitrogens with zero attached hydrogens (tertiary/aromatic N) is 4. The Bertz CT molecular complexity index is 1870. The monoisotopic (exact) mass is 847 g/mol. The van der Waals surface area contributed by atoms with Crippen LogP contribution < -0.4 is 14.8 Å². The van der Waals surface area contributed by atoms with Crippen LogP contribution in [0, 0.1) is 11.3 Å². The zero-order valence-corrected chi connectivity index (χ0v) is 36.1. The minimum Gasteiger partial charge on any atom is -0.497 e. The molecule has 3 aromatic carbocycles. The molecule has 1 saturated heterocycles. The number of amides is 2. The molecule has 3 aliphatic rings. The summed E-state index contributed by atoms with van der Waals surface area (Å²) in [5.41, 5.74) is 2.15. The molecule has 3 aliphatic heterocycles. The van der Waals surface area contributed by atoms with Crippen LogP contribution in [0.4, 0.5) is 4.79 Å². The normalized spacial score (nSPS) is 21.0. The predicted octanol–water partition coefficient (Wildman–Crippen LogP) is 7.36. The van der Waals surface area contributed by atoms with Crippen LogP contribution in [-0.4, -0.2) is 104 Å². The lowest BCUT2D eigenvalue weighted by Gasteiger charge is -2.39. The average Bonchev–Trinajstić information content (AvgIpc) is 3.59. The molecule has 0 spiro atoms. The van der Waals surface area contributed by atoms with Crippen LogP contribution in [0.15, 0.2) is 95.8 Å². The average molecular weight is 848 g/mol. The lowest BCUT2D eigenvalue weighted by Crippen LogP contribution is -2.54. The van der Waals surface area contributed by atoms with Gasteiger partial charge in [-0.25, -0.2) is 9.46 Å². The zero-order chi connectivity index (χ0) is 41.9. The quantitative estimate of drug-likeness (QED) is 0.0510. The van der Waals surface area contributed by atoms with Crippen LogP contribution in [-0.2, 0) is 33.7 Å². The fourth-order valence-corrected chi connectivity index (χ4v) is 9.37. The van der Waals surface area contributed by atoms with Crippen molar-refractivity contribution in [2.24, 2.45) is 5.16 Å². The van der Waals surface area contributed by atoms with Gasteiger partial charge in [0, 0.05) is 36.0 Å². The van der Waals surface area contributed by atoms with E-state index in [1.807, 2.05) is 78.9 Å². The van der Waals surface area contributed by atoms with Crippen LogP contribution in [0.25, 0.3) is 0 Å². The van der Waals surface area contributed by atoms with E-state index in [4.69, 9.17) is 37.6 Å². The number of hydrogen-bond acceptors (Lipinski definition) is 13. The molecule has 0 aliphatic carbocycles. The van der Waals surface area contributed by atoms with Crippen molar-refractivity contribution < 1.29 is 42.4 Å². The van der Waals surface area contributed by atoms with Gasteiger partial charge in [-0.05, 0) is 68.7 Å². The summed E-state index contributed by atoms with van der Waals surface area (Å²) in [5.74, 6) is 2.16. The third kappa shape index (κ3) is 10.0. The van der Waals surface area contributed by atoms with Crippen molar-refractivity contribution in [1.82, 2.24) is 14.9 Å². The largest absolute Gasteiger partial charge is 0.497 e. The number of benzene rings is 3. The summed E-state index contributed by atoms with van der Waals surface area (Å²) in [6.45, 7) is 9.05. The number of nitrogens with one attached hydrogen (secondary N) is 1. The number of ether oxygens (including phenoxy) is 5. The number of rotatable bonds is 20. The van der Waals surface area contributed by atoms with E-state index in [0.29, 0.717) is 36.1 Å². The van der Waals surface area contributed by atoms with Crippen molar-refractivity contribution in [3.8, 4) is 17.6 Å². The summed E-state index contributed by atoms with van der Waals surface area (Å²) in [6.07, 6.45) is -0.963. The summed E-state index contributed by atoms with van der Waals surface area (Å²) in [5, 5.41) is 16.4. The molecule has 0 radical (unpaired) electrons. The number of amidine groups is 1. The summed E-state index contributed by atoms with van der Waals surface area (Å²) >= 11 is 4.48. The SMILES string of the molecule is COc1ccc(C(OC[C@H]2O[C@@H](N3C=C4CCON=C4NC3=O)[C@H](OCCS)[C@@H]2OP(OCCC#N)N(C(C)C)C(C)C)(c2ccccc2)c2ccc(OC)cc2)cc1. The van der Waals surface area contributed by atoms with Crippen molar-refractivity contribution in [3.63, 3.8) is 0 Å². The Kier molecular flexibility index (Phi) is 15.7. The summed E-state index contributed by atoms with van der Waals surface area (Å²) in [7, 11) is 1.48. The van der Waals surface area contributed by atoms with Gasteiger partial charge in [-0.3, -0.25) is 10.2 Å². The first-order valence-electron chi connectivity index (χ1n) is 19.8. The van der Waals surface area contributed by atoms with Crippen molar-refractivity contribution >= 4 is 33.0 Å². The number of thiol groups is 1. The molecule has 3 aromatic rings. The van der Waals surface area contributed by atoms with E-state index in [1.54, 1.807) is 20.4 Å². The van der Waals surface area contributed by atoms with Gasteiger partial charge in [0.2, 0.25) is 0 Å². The van der Waals surface area contributed by atoms with Gasteiger partial charge in [0.15, 0.2) is 12.1 Å². The van der Waals surface area contributed by atoms with Crippen molar-refractivity contribution in [2.75, 3.05) is 46.4 Å². The number of methoxy groups -OCH3 is 2. The second kappa shape index (κ2) is 20.8. The predicted molar refractivity (Wildman–Crippen MR) is 227 cm³/mol. The van der Waals surface area contributed by atoms with Crippen LogP contribution in [0.3, 0.4) is 0 Å². The Morgan fingerprint density at radius 1 is 0.949 bits per heavy atom. The van der Waals surface area contributed by atoms with E-state index >= 15 is 0 Å². The Labute approximate surface area is 353 Å². The lowest BCUT2D eigenvalue weighted by molar-refractivity contribution is -0.102. The van der Waals surface area contributed by atoms with E-state index in [2.05, 4.69) is 61.5 Å². The number of nitriles is 1. The Hall–Kier alpha value is -4.23. The van der Waals surface area contributed by atoms with E-state index in [-0.39, 0.29) is 38.3 Å². The number of hydrogen-bond donors (Lipinski definition) is 2. The van der Waals surface area contributed by atoms with E-state index in [9.17, 15) is 10.1 Å². The molecule has 316 valence electrons. The van der Waals surface area contributed by atoms with Gasteiger partial charge in [0.05, 0.1) is 46.5 Å². The summed E-state index contributed by atoms with van der Waals surface area (Å²) < 4.78 is 47.7. The Balaban J connectivity index is 1.48. The molecule has 2 amide bonds.